The van der Waals surface area contributed by atoms with Gasteiger partial charge in [0, 0.05) is 36.7 Å². The third-order valence-corrected chi connectivity index (χ3v) is 7.74. The Morgan fingerprint density at radius 3 is 2.34 bits per heavy atom. The minimum Gasteiger partial charge on any atom is -0.484 e. The van der Waals surface area contributed by atoms with Crippen molar-refractivity contribution >= 4 is 40.9 Å². The molecule has 4 amide bonds. The first-order chi connectivity index (χ1) is 21.3. The van der Waals surface area contributed by atoms with E-state index in [-0.39, 0.29) is 31.4 Å². The molecule has 0 aromatic heterocycles. The lowest BCUT2D eigenvalue weighted by Gasteiger charge is -2.28. The van der Waals surface area contributed by atoms with Gasteiger partial charge in [-0.3, -0.25) is 14.4 Å². The van der Waals surface area contributed by atoms with Gasteiger partial charge in [-0.1, -0.05) is 68.5 Å². The summed E-state index contributed by atoms with van der Waals surface area (Å²) in [6, 6.07) is 22.4. The molecule has 0 aliphatic heterocycles. The lowest BCUT2D eigenvalue weighted by Crippen LogP contribution is -2.42. The third-order valence-electron chi connectivity index (χ3n) is 7.74. The molecule has 232 valence electrons. The Hall–Kier alpha value is -4.86. The summed E-state index contributed by atoms with van der Waals surface area (Å²) >= 11 is 0. The van der Waals surface area contributed by atoms with Gasteiger partial charge >= 0.3 is 12.0 Å². The van der Waals surface area contributed by atoms with Crippen LogP contribution in [0.3, 0.4) is 0 Å². The number of nitrogens with one attached hydrogen (secondary N) is 2. The van der Waals surface area contributed by atoms with Gasteiger partial charge in [0.15, 0.2) is 6.61 Å². The standard InChI is InChI=1S/C34H40N4O6/c1-37(28-14-6-3-7-15-28)32(40)24-44-30-17-9-16-29(22-30)38(19-18-25-10-4-2-5-11-25)31(39)23-35-34(43)36-27-13-8-12-26(20-27)21-33(41)42/h3,6-9,12-17,20,22,25H,2,4-5,10-11,18-19,21,23-24H2,1H3,(H,41,42)(H2,35,36,43). The molecule has 0 saturated heterocycles. The van der Waals surface area contributed by atoms with E-state index in [1.54, 1.807) is 54.4 Å². The van der Waals surface area contributed by atoms with Gasteiger partial charge in [0.05, 0.1) is 13.0 Å². The highest BCUT2D eigenvalue weighted by Crippen LogP contribution is 2.28. The molecule has 0 spiro atoms. The number of likely N-dealkylation sites (N-methyl/N-ethyl adjacent to an activating group) is 1. The van der Waals surface area contributed by atoms with Crippen molar-refractivity contribution in [3.8, 4) is 5.75 Å². The third kappa shape index (κ3) is 9.86. The first kappa shape index (κ1) is 32.1. The van der Waals surface area contributed by atoms with Crippen molar-refractivity contribution in [2.24, 2.45) is 5.92 Å². The number of carbonyl (C=O) groups is 4. The van der Waals surface area contributed by atoms with Gasteiger partial charge in [-0.15, -0.1) is 0 Å². The molecule has 44 heavy (non-hydrogen) atoms. The highest BCUT2D eigenvalue weighted by atomic mass is 16.5. The zero-order valence-corrected chi connectivity index (χ0v) is 25.0. The van der Waals surface area contributed by atoms with E-state index in [0.29, 0.717) is 35.2 Å². The number of aliphatic carboxylic acids is 1. The van der Waals surface area contributed by atoms with Crippen LogP contribution < -0.4 is 25.2 Å². The van der Waals surface area contributed by atoms with Gasteiger partial charge < -0.3 is 30.3 Å². The van der Waals surface area contributed by atoms with Gasteiger partial charge in [-0.2, -0.15) is 0 Å². The van der Waals surface area contributed by atoms with Crippen LogP contribution in [-0.4, -0.2) is 55.7 Å². The van der Waals surface area contributed by atoms with Gasteiger partial charge in [0.25, 0.3) is 5.91 Å². The number of para-hydroxylation sites is 1. The Labute approximate surface area is 258 Å². The summed E-state index contributed by atoms with van der Waals surface area (Å²) in [4.78, 5) is 53.0. The smallest absolute Gasteiger partial charge is 0.319 e. The molecule has 3 aromatic rings. The highest BCUT2D eigenvalue weighted by molar-refractivity contribution is 5.98. The van der Waals surface area contributed by atoms with Gasteiger partial charge in [-0.05, 0) is 54.3 Å². The molecule has 0 unspecified atom stereocenters. The number of carboxylic acids is 1. The summed E-state index contributed by atoms with van der Waals surface area (Å²) in [6.07, 6.45) is 6.61. The van der Waals surface area contributed by atoms with E-state index < -0.39 is 12.0 Å². The lowest BCUT2D eigenvalue weighted by atomic mass is 9.87. The summed E-state index contributed by atoms with van der Waals surface area (Å²) in [6.45, 7) is 0.0835. The minimum atomic E-state index is -0.967. The molecule has 0 radical (unpaired) electrons. The maximum atomic E-state index is 13.5. The topological polar surface area (TPSA) is 128 Å². The van der Waals surface area contributed by atoms with Crippen LogP contribution in [0.15, 0.2) is 78.9 Å². The number of rotatable bonds is 13. The van der Waals surface area contributed by atoms with Crippen LogP contribution in [0.2, 0.25) is 0 Å². The normalized spacial score (nSPS) is 13.0. The van der Waals surface area contributed by atoms with Crippen LogP contribution in [-0.2, 0) is 20.8 Å². The second kappa shape index (κ2) is 16.1. The van der Waals surface area contributed by atoms with Gasteiger partial charge in [-0.25, -0.2) is 4.79 Å². The van der Waals surface area contributed by atoms with E-state index in [0.717, 1.165) is 24.9 Å². The maximum absolute atomic E-state index is 13.5. The molecule has 1 aliphatic carbocycles. The Morgan fingerprint density at radius 2 is 1.59 bits per heavy atom. The van der Waals surface area contributed by atoms with Crippen molar-refractivity contribution in [3.63, 3.8) is 0 Å². The number of benzene rings is 3. The number of amides is 4. The number of nitrogens with zero attached hydrogens (tertiary/aromatic N) is 2. The quantitative estimate of drug-likeness (QED) is 0.238. The zero-order chi connectivity index (χ0) is 31.3. The van der Waals surface area contributed by atoms with E-state index in [1.165, 1.54) is 24.2 Å². The van der Waals surface area contributed by atoms with Crippen molar-refractivity contribution in [2.75, 3.05) is 41.9 Å². The first-order valence-electron chi connectivity index (χ1n) is 15.0. The zero-order valence-electron chi connectivity index (χ0n) is 25.0. The molecule has 0 heterocycles. The fourth-order valence-electron chi connectivity index (χ4n) is 5.32. The van der Waals surface area contributed by atoms with Crippen LogP contribution >= 0.6 is 0 Å². The number of carboxylic acid groups (broad SMARTS) is 1. The summed E-state index contributed by atoms with van der Waals surface area (Å²) in [5.41, 5.74) is 2.37. The molecule has 10 nitrogen and oxygen atoms in total. The van der Waals surface area contributed by atoms with Crippen molar-refractivity contribution in [3.05, 3.63) is 84.4 Å². The molecule has 10 heteroatoms. The van der Waals surface area contributed by atoms with Crippen molar-refractivity contribution < 1.29 is 29.0 Å². The Morgan fingerprint density at radius 1 is 0.864 bits per heavy atom. The number of anilines is 3. The number of hydrogen-bond donors (Lipinski definition) is 3. The number of hydrogen-bond acceptors (Lipinski definition) is 5. The second-order valence-corrected chi connectivity index (χ2v) is 11.0. The molecule has 1 aliphatic rings. The van der Waals surface area contributed by atoms with Crippen LogP contribution in [0.5, 0.6) is 5.75 Å². The molecule has 3 N–H and O–H groups in total. The largest absolute Gasteiger partial charge is 0.484 e. The molecule has 3 aromatic carbocycles. The molecule has 4 rings (SSSR count). The fourth-order valence-corrected chi connectivity index (χ4v) is 5.32. The molecular formula is C34H40N4O6. The van der Waals surface area contributed by atoms with Crippen LogP contribution in [0.4, 0.5) is 21.9 Å². The van der Waals surface area contributed by atoms with Crippen LogP contribution in [0, 0.1) is 5.92 Å². The van der Waals surface area contributed by atoms with Gasteiger partial charge in [0.2, 0.25) is 5.91 Å². The molecule has 1 fully saturated rings. The van der Waals surface area contributed by atoms with E-state index in [4.69, 9.17) is 9.84 Å². The highest BCUT2D eigenvalue weighted by Gasteiger charge is 2.21. The molecular weight excluding hydrogens is 560 g/mol. The monoisotopic (exact) mass is 600 g/mol. The van der Waals surface area contributed by atoms with Crippen molar-refractivity contribution in [1.29, 1.82) is 0 Å². The Bertz CT molecular complexity index is 1420. The fraction of sp³-hybridized carbons (Fsp3) is 0.353. The molecule has 0 bridgehead atoms. The number of carbonyl (C=O) groups excluding carboxylic acids is 3. The maximum Gasteiger partial charge on any atom is 0.319 e. The van der Waals surface area contributed by atoms with Crippen LogP contribution in [0.1, 0.15) is 44.1 Å². The van der Waals surface area contributed by atoms with E-state index in [1.807, 2.05) is 36.4 Å². The first-order valence-corrected chi connectivity index (χ1v) is 15.0. The molecule has 0 atom stereocenters. The van der Waals surface area contributed by atoms with Crippen molar-refractivity contribution in [1.82, 2.24) is 5.32 Å². The van der Waals surface area contributed by atoms with Gasteiger partial charge in [0.1, 0.15) is 5.75 Å². The average molecular weight is 601 g/mol. The summed E-state index contributed by atoms with van der Waals surface area (Å²) < 4.78 is 5.83. The van der Waals surface area contributed by atoms with E-state index in [2.05, 4.69) is 10.6 Å². The number of ether oxygens (including phenoxy) is 1. The summed E-state index contributed by atoms with van der Waals surface area (Å²) in [7, 11) is 1.69. The minimum absolute atomic E-state index is 0.160. The van der Waals surface area contributed by atoms with Crippen molar-refractivity contribution in [2.45, 2.75) is 44.9 Å². The predicted octanol–water partition coefficient (Wildman–Crippen LogP) is 5.48. The van der Waals surface area contributed by atoms with E-state index in [9.17, 15) is 19.2 Å². The summed E-state index contributed by atoms with van der Waals surface area (Å²) in [5, 5.41) is 14.3. The number of urea groups is 1. The molecule has 1 saturated carbocycles. The van der Waals surface area contributed by atoms with E-state index >= 15 is 0 Å². The SMILES string of the molecule is CN(C(=O)COc1cccc(N(CCC2CCCCC2)C(=O)CNC(=O)Nc2cccc(CC(=O)O)c2)c1)c1ccccc1. The predicted molar refractivity (Wildman–Crippen MR) is 170 cm³/mol. The summed E-state index contributed by atoms with van der Waals surface area (Å²) in [5.74, 6) is -0.465. The van der Waals surface area contributed by atoms with Crippen LogP contribution in [0.25, 0.3) is 0 Å². The Balaban J connectivity index is 1.39. The Kier molecular flexibility index (Phi) is 11.7. The lowest BCUT2D eigenvalue weighted by molar-refractivity contribution is -0.136. The second-order valence-electron chi connectivity index (χ2n) is 11.0. The average Bonchev–Trinajstić information content (AvgIpc) is 3.03.